The first-order valence-corrected chi connectivity index (χ1v) is 5.54. The number of fused-ring (bicyclic) bond motifs is 5. The van der Waals surface area contributed by atoms with E-state index in [9.17, 15) is 10.2 Å². The zero-order valence-electron chi connectivity index (χ0n) is 8.06. The molecule has 0 aromatic heterocycles. The molecular formula is C11H18O2. The lowest BCUT2D eigenvalue weighted by Crippen LogP contribution is -2.32. The Balaban J connectivity index is 1.89. The molecule has 3 rings (SSSR count). The molecule has 2 N–H and O–H groups in total. The Morgan fingerprint density at radius 1 is 1.00 bits per heavy atom. The summed E-state index contributed by atoms with van der Waals surface area (Å²) in [6.45, 7) is 2.15. The molecule has 0 amide bonds. The first-order valence-electron chi connectivity index (χ1n) is 5.54. The van der Waals surface area contributed by atoms with Gasteiger partial charge in [-0.1, -0.05) is 6.92 Å². The van der Waals surface area contributed by atoms with Crippen LogP contribution >= 0.6 is 0 Å². The first-order chi connectivity index (χ1) is 6.18. The molecule has 0 aromatic rings. The Hall–Kier alpha value is -0.0800. The van der Waals surface area contributed by atoms with E-state index in [1.54, 1.807) is 0 Å². The number of hydrogen-bond donors (Lipinski definition) is 2. The van der Waals surface area contributed by atoms with Crippen LogP contribution in [0.3, 0.4) is 0 Å². The molecule has 3 saturated carbocycles. The van der Waals surface area contributed by atoms with Crippen LogP contribution in [0.15, 0.2) is 0 Å². The zero-order valence-corrected chi connectivity index (χ0v) is 8.06. The summed E-state index contributed by atoms with van der Waals surface area (Å²) in [6.07, 6.45) is 3.15. The van der Waals surface area contributed by atoms with E-state index in [1.807, 2.05) is 0 Å². The lowest BCUT2D eigenvalue weighted by molar-refractivity contribution is 0.0234. The van der Waals surface area contributed by atoms with Crippen molar-refractivity contribution in [3.63, 3.8) is 0 Å². The van der Waals surface area contributed by atoms with Crippen molar-refractivity contribution in [1.29, 1.82) is 0 Å². The molecule has 7 unspecified atom stereocenters. The van der Waals surface area contributed by atoms with E-state index >= 15 is 0 Å². The van der Waals surface area contributed by atoms with Gasteiger partial charge in [-0.3, -0.25) is 0 Å². The highest BCUT2D eigenvalue weighted by Crippen LogP contribution is 2.59. The van der Waals surface area contributed by atoms with Crippen LogP contribution in [-0.2, 0) is 0 Å². The number of aliphatic hydroxyl groups is 2. The molecular weight excluding hydrogens is 164 g/mol. The van der Waals surface area contributed by atoms with Crippen LogP contribution in [0.5, 0.6) is 0 Å². The van der Waals surface area contributed by atoms with Crippen LogP contribution in [0.1, 0.15) is 26.2 Å². The van der Waals surface area contributed by atoms with E-state index in [2.05, 4.69) is 6.92 Å². The summed E-state index contributed by atoms with van der Waals surface area (Å²) in [4.78, 5) is 0. The fourth-order valence-electron chi connectivity index (χ4n) is 4.31. The monoisotopic (exact) mass is 182 g/mol. The van der Waals surface area contributed by atoms with Crippen molar-refractivity contribution in [2.24, 2.45) is 29.6 Å². The Kier molecular flexibility index (Phi) is 1.58. The van der Waals surface area contributed by atoms with Gasteiger partial charge in [0.25, 0.3) is 0 Å². The van der Waals surface area contributed by atoms with Gasteiger partial charge in [0.15, 0.2) is 0 Å². The molecule has 0 aromatic carbocycles. The van der Waals surface area contributed by atoms with Crippen LogP contribution in [0.4, 0.5) is 0 Å². The van der Waals surface area contributed by atoms with Crippen molar-refractivity contribution in [3.8, 4) is 0 Å². The normalized spacial score (nSPS) is 64.4. The maximum absolute atomic E-state index is 9.99. The smallest absolute Gasteiger partial charge is 0.0599 e. The van der Waals surface area contributed by atoms with Crippen molar-refractivity contribution in [2.75, 3.05) is 0 Å². The standard InChI is InChI=1S/C11H18O2/c1-5-2-8-7-3-6(4-9(7)12)10(8)11(5)13/h5-13H,2-4H2,1H3. The van der Waals surface area contributed by atoms with Crippen molar-refractivity contribution in [1.82, 2.24) is 0 Å². The fourth-order valence-corrected chi connectivity index (χ4v) is 4.31. The second kappa shape index (κ2) is 2.48. The van der Waals surface area contributed by atoms with Gasteiger partial charge < -0.3 is 10.2 Å². The predicted octanol–water partition coefficient (Wildman–Crippen LogP) is 1.02. The van der Waals surface area contributed by atoms with Crippen molar-refractivity contribution in [3.05, 3.63) is 0 Å². The Morgan fingerprint density at radius 3 is 2.54 bits per heavy atom. The molecule has 13 heavy (non-hydrogen) atoms. The molecule has 2 heteroatoms. The minimum atomic E-state index is -0.0764. The second-order valence-electron chi connectivity index (χ2n) is 5.41. The Bertz CT molecular complexity index is 228. The lowest BCUT2D eigenvalue weighted by atomic mass is 9.79. The van der Waals surface area contributed by atoms with E-state index in [0.29, 0.717) is 29.6 Å². The SMILES string of the molecule is CC1CC2C3CC(CC3O)C2C1O. The largest absolute Gasteiger partial charge is 0.393 e. The maximum Gasteiger partial charge on any atom is 0.0599 e. The predicted molar refractivity (Wildman–Crippen MR) is 49.0 cm³/mol. The maximum atomic E-state index is 9.99. The van der Waals surface area contributed by atoms with Gasteiger partial charge in [-0.2, -0.15) is 0 Å². The number of rotatable bonds is 0. The molecule has 0 spiro atoms. The molecule has 3 aliphatic rings. The minimum absolute atomic E-state index is 0.0521. The van der Waals surface area contributed by atoms with Gasteiger partial charge in [0, 0.05) is 0 Å². The van der Waals surface area contributed by atoms with Crippen LogP contribution < -0.4 is 0 Å². The molecule has 2 nitrogen and oxygen atoms in total. The summed E-state index contributed by atoms with van der Waals surface area (Å²) in [6, 6.07) is 0. The average molecular weight is 182 g/mol. The van der Waals surface area contributed by atoms with Crippen LogP contribution in [0.2, 0.25) is 0 Å². The highest BCUT2D eigenvalue weighted by molar-refractivity contribution is 5.07. The van der Waals surface area contributed by atoms with Gasteiger partial charge in [0.1, 0.15) is 0 Å². The third kappa shape index (κ3) is 0.909. The summed E-state index contributed by atoms with van der Waals surface area (Å²) in [5.74, 6) is 2.78. The van der Waals surface area contributed by atoms with Gasteiger partial charge in [0.05, 0.1) is 12.2 Å². The van der Waals surface area contributed by atoms with E-state index in [-0.39, 0.29) is 12.2 Å². The van der Waals surface area contributed by atoms with Gasteiger partial charge in [0.2, 0.25) is 0 Å². The van der Waals surface area contributed by atoms with Gasteiger partial charge in [-0.05, 0) is 48.9 Å². The van der Waals surface area contributed by atoms with Crippen LogP contribution in [0, 0.1) is 29.6 Å². The van der Waals surface area contributed by atoms with Crippen molar-refractivity contribution >= 4 is 0 Å². The highest BCUT2D eigenvalue weighted by Gasteiger charge is 2.58. The number of aliphatic hydroxyl groups excluding tert-OH is 2. The molecule has 74 valence electrons. The summed E-state index contributed by atoms with van der Waals surface area (Å²) in [7, 11) is 0. The third-order valence-corrected chi connectivity index (χ3v) is 4.82. The molecule has 0 heterocycles. The second-order valence-corrected chi connectivity index (χ2v) is 5.41. The van der Waals surface area contributed by atoms with Crippen LogP contribution in [0.25, 0.3) is 0 Å². The van der Waals surface area contributed by atoms with Gasteiger partial charge in [-0.25, -0.2) is 0 Å². The summed E-state index contributed by atoms with van der Waals surface area (Å²) in [5.41, 5.74) is 0. The van der Waals surface area contributed by atoms with E-state index in [1.165, 1.54) is 6.42 Å². The fraction of sp³-hybridized carbons (Fsp3) is 1.00. The molecule has 7 atom stereocenters. The third-order valence-electron chi connectivity index (χ3n) is 4.82. The number of hydrogen-bond acceptors (Lipinski definition) is 2. The molecule has 3 aliphatic carbocycles. The first kappa shape index (κ1) is 8.25. The summed E-state index contributed by atoms with van der Waals surface area (Å²) in [5, 5.41) is 19.8. The molecule has 0 radical (unpaired) electrons. The topological polar surface area (TPSA) is 40.5 Å². The van der Waals surface area contributed by atoms with E-state index < -0.39 is 0 Å². The molecule has 0 aliphatic heterocycles. The van der Waals surface area contributed by atoms with E-state index in [4.69, 9.17) is 0 Å². The molecule has 2 bridgehead atoms. The van der Waals surface area contributed by atoms with Gasteiger partial charge >= 0.3 is 0 Å². The molecule has 0 saturated heterocycles. The Labute approximate surface area is 79.0 Å². The summed E-state index contributed by atoms with van der Waals surface area (Å²) >= 11 is 0. The Morgan fingerprint density at radius 2 is 1.77 bits per heavy atom. The lowest BCUT2D eigenvalue weighted by Gasteiger charge is -2.29. The highest BCUT2D eigenvalue weighted by atomic mass is 16.3. The van der Waals surface area contributed by atoms with Gasteiger partial charge in [-0.15, -0.1) is 0 Å². The average Bonchev–Trinajstić information content (AvgIpc) is 2.65. The molecule has 3 fully saturated rings. The van der Waals surface area contributed by atoms with Crippen LogP contribution in [-0.4, -0.2) is 22.4 Å². The quantitative estimate of drug-likeness (QED) is 0.587. The van der Waals surface area contributed by atoms with Crippen molar-refractivity contribution in [2.45, 2.75) is 38.4 Å². The van der Waals surface area contributed by atoms with E-state index in [0.717, 1.165) is 12.8 Å². The minimum Gasteiger partial charge on any atom is -0.393 e. The zero-order chi connectivity index (χ0) is 9.16. The summed E-state index contributed by atoms with van der Waals surface area (Å²) < 4.78 is 0. The van der Waals surface area contributed by atoms with Crippen molar-refractivity contribution < 1.29 is 10.2 Å².